The Morgan fingerprint density at radius 1 is 1.31 bits per heavy atom. The first kappa shape index (κ1) is 11.4. The Bertz CT molecular complexity index is 474. The van der Waals surface area contributed by atoms with Gasteiger partial charge in [0.2, 0.25) is 11.9 Å². The number of hydrogen-bond donors (Lipinski definition) is 0. The molecule has 0 atom stereocenters. The van der Waals surface area contributed by atoms with Crippen molar-refractivity contribution in [1.82, 2.24) is 5.10 Å². The van der Waals surface area contributed by atoms with Gasteiger partial charge in [-0.2, -0.15) is 0 Å². The molecule has 16 heavy (non-hydrogen) atoms. The Morgan fingerprint density at radius 2 is 2.06 bits per heavy atom. The highest BCUT2D eigenvalue weighted by atomic mass is 35.5. The van der Waals surface area contributed by atoms with Crippen LogP contribution in [0.4, 0.5) is 0 Å². The number of halogens is 1. The molecule has 0 spiro atoms. The largest absolute Gasteiger partial charge is 0.238 e. The fourth-order valence-corrected chi connectivity index (χ4v) is 2.29. The second kappa shape index (κ2) is 5.32. The lowest BCUT2D eigenvalue weighted by molar-refractivity contribution is -0.660. The first-order chi connectivity index (χ1) is 7.81. The van der Waals surface area contributed by atoms with E-state index in [0.29, 0.717) is 0 Å². The molecule has 0 saturated heterocycles. The molecule has 1 aromatic heterocycles. The van der Waals surface area contributed by atoms with Gasteiger partial charge in [0.05, 0.1) is 4.90 Å². The molecule has 0 aliphatic rings. The topological polar surface area (TPSA) is 16.8 Å². The Kier molecular flexibility index (Phi) is 3.80. The van der Waals surface area contributed by atoms with Crippen LogP contribution in [0.15, 0.2) is 47.6 Å². The van der Waals surface area contributed by atoms with Gasteiger partial charge in [-0.25, -0.2) is 0 Å². The summed E-state index contributed by atoms with van der Waals surface area (Å²) < 4.78 is 1.78. The highest BCUT2D eigenvalue weighted by Crippen LogP contribution is 2.24. The number of rotatable bonds is 3. The van der Waals surface area contributed by atoms with E-state index in [1.807, 2.05) is 42.7 Å². The molecular formula is C12H12ClN2S+. The lowest BCUT2D eigenvalue weighted by Crippen LogP contribution is -2.34. The van der Waals surface area contributed by atoms with Crippen LogP contribution in [0.25, 0.3) is 5.69 Å². The van der Waals surface area contributed by atoms with Crippen LogP contribution in [-0.4, -0.2) is 10.9 Å². The molecule has 2 rings (SSSR count). The van der Waals surface area contributed by atoms with Gasteiger partial charge in [-0.3, -0.25) is 0 Å². The zero-order valence-corrected chi connectivity index (χ0v) is 10.5. The monoisotopic (exact) mass is 251 g/mol. The van der Waals surface area contributed by atoms with Crippen molar-refractivity contribution in [3.05, 3.63) is 47.7 Å². The van der Waals surface area contributed by atoms with E-state index in [9.17, 15) is 0 Å². The van der Waals surface area contributed by atoms with Crippen LogP contribution in [0, 0.1) is 0 Å². The Morgan fingerprint density at radius 3 is 2.69 bits per heavy atom. The smallest absolute Gasteiger partial charge is 0.123 e. The van der Waals surface area contributed by atoms with Gasteiger partial charge in [0.1, 0.15) is 11.2 Å². The summed E-state index contributed by atoms with van der Waals surface area (Å²) in [7, 11) is 0. The third kappa shape index (κ3) is 2.54. The molecule has 0 unspecified atom stereocenters. The minimum atomic E-state index is 0.741. The summed E-state index contributed by atoms with van der Waals surface area (Å²) in [5.74, 6) is 0.997. The number of benzene rings is 1. The maximum absolute atomic E-state index is 6.18. The first-order valence-corrected chi connectivity index (χ1v) is 6.43. The molecule has 0 bridgehead atoms. The molecule has 1 aromatic carbocycles. The average Bonchev–Trinajstić information content (AvgIpc) is 2.33. The lowest BCUT2D eigenvalue weighted by Gasteiger charge is -1.99. The van der Waals surface area contributed by atoms with Gasteiger partial charge in [0.25, 0.3) is 0 Å². The van der Waals surface area contributed by atoms with Crippen LogP contribution >= 0.6 is 23.4 Å². The zero-order chi connectivity index (χ0) is 11.4. The zero-order valence-electron chi connectivity index (χ0n) is 8.93. The van der Waals surface area contributed by atoms with Crippen LogP contribution in [0.3, 0.4) is 0 Å². The van der Waals surface area contributed by atoms with Gasteiger partial charge in [-0.1, -0.05) is 41.4 Å². The van der Waals surface area contributed by atoms with Gasteiger partial charge >= 0.3 is 0 Å². The predicted octanol–water partition coefficient (Wildman–Crippen LogP) is 3.12. The van der Waals surface area contributed by atoms with Crippen molar-refractivity contribution in [2.75, 3.05) is 5.75 Å². The number of aromatic nitrogens is 2. The minimum absolute atomic E-state index is 0.741. The highest BCUT2D eigenvalue weighted by Gasteiger charge is 2.11. The summed E-state index contributed by atoms with van der Waals surface area (Å²) in [4.78, 5) is 1.02. The summed E-state index contributed by atoms with van der Waals surface area (Å²) in [6, 6.07) is 9.93. The van der Waals surface area contributed by atoms with Crippen molar-refractivity contribution in [3.63, 3.8) is 0 Å². The van der Waals surface area contributed by atoms with Crippen molar-refractivity contribution >= 4 is 23.4 Å². The molecule has 1 heterocycles. The van der Waals surface area contributed by atoms with E-state index in [-0.39, 0.29) is 0 Å². The Balaban J connectivity index is 2.35. The second-order valence-electron chi connectivity index (χ2n) is 3.20. The van der Waals surface area contributed by atoms with Crippen molar-refractivity contribution < 1.29 is 4.68 Å². The summed E-state index contributed by atoms with van der Waals surface area (Å²) >= 11 is 7.87. The van der Waals surface area contributed by atoms with E-state index >= 15 is 0 Å². The summed E-state index contributed by atoms with van der Waals surface area (Å²) in [5.41, 5.74) is 1.01. The molecule has 0 amide bonds. The molecule has 0 aliphatic heterocycles. The van der Waals surface area contributed by atoms with Crippen molar-refractivity contribution in [2.24, 2.45) is 0 Å². The summed E-state index contributed by atoms with van der Waals surface area (Å²) in [6.45, 7) is 2.10. The standard InChI is InChI=1S/C12H12ClN2S/c1-2-16-12-8-14-15(9-11(12)13)10-6-4-3-5-7-10/h3-9H,2H2,1H3/q+1. The maximum atomic E-state index is 6.18. The predicted molar refractivity (Wildman–Crippen MR) is 67.2 cm³/mol. The molecule has 0 N–H and O–H groups in total. The van der Waals surface area contributed by atoms with E-state index in [4.69, 9.17) is 11.6 Å². The first-order valence-electron chi connectivity index (χ1n) is 5.07. The Labute approximate surface area is 104 Å². The maximum Gasteiger partial charge on any atom is 0.238 e. The SMILES string of the molecule is CCSc1cn[n+](-c2ccccc2)cc1Cl. The third-order valence-corrected chi connectivity index (χ3v) is 3.43. The molecule has 4 heteroatoms. The van der Waals surface area contributed by atoms with Crippen molar-refractivity contribution in [2.45, 2.75) is 11.8 Å². The number of hydrogen-bond acceptors (Lipinski definition) is 2. The van der Waals surface area contributed by atoms with E-state index in [1.165, 1.54) is 0 Å². The summed E-state index contributed by atoms with van der Waals surface area (Å²) in [6.07, 6.45) is 3.65. The van der Waals surface area contributed by atoms with Gasteiger partial charge in [-0.15, -0.1) is 11.8 Å². The molecule has 0 fully saturated rings. The van der Waals surface area contributed by atoms with Crippen LogP contribution in [-0.2, 0) is 0 Å². The van der Waals surface area contributed by atoms with E-state index in [2.05, 4.69) is 12.0 Å². The third-order valence-electron chi connectivity index (χ3n) is 2.09. The van der Waals surface area contributed by atoms with E-state index in [1.54, 1.807) is 16.4 Å². The number of thioether (sulfide) groups is 1. The number of nitrogens with zero attached hydrogens (tertiary/aromatic N) is 2. The van der Waals surface area contributed by atoms with Crippen molar-refractivity contribution in [3.8, 4) is 5.69 Å². The van der Waals surface area contributed by atoms with Gasteiger partial charge < -0.3 is 0 Å². The molecule has 2 nitrogen and oxygen atoms in total. The van der Waals surface area contributed by atoms with E-state index < -0.39 is 0 Å². The molecule has 0 aliphatic carbocycles. The van der Waals surface area contributed by atoms with E-state index in [0.717, 1.165) is 21.4 Å². The molecule has 0 radical (unpaired) electrons. The van der Waals surface area contributed by atoms with Crippen molar-refractivity contribution in [1.29, 1.82) is 0 Å². The van der Waals surface area contributed by atoms with Gasteiger partial charge in [0.15, 0.2) is 0 Å². The normalized spacial score (nSPS) is 10.4. The van der Waals surface area contributed by atoms with Gasteiger partial charge in [0, 0.05) is 12.1 Å². The molecule has 2 aromatic rings. The quantitative estimate of drug-likeness (QED) is 0.616. The van der Waals surface area contributed by atoms with Crippen LogP contribution in [0.1, 0.15) is 6.92 Å². The van der Waals surface area contributed by atoms with Crippen LogP contribution < -0.4 is 4.68 Å². The van der Waals surface area contributed by atoms with Crippen LogP contribution in [0.2, 0.25) is 5.02 Å². The second-order valence-corrected chi connectivity index (χ2v) is 4.91. The molecule has 0 saturated carbocycles. The fourth-order valence-electron chi connectivity index (χ4n) is 1.36. The molecular weight excluding hydrogens is 240 g/mol. The van der Waals surface area contributed by atoms with Crippen LogP contribution in [0.5, 0.6) is 0 Å². The number of para-hydroxylation sites is 1. The highest BCUT2D eigenvalue weighted by molar-refractivity contribution is 7.99. The molecule has 82 valence electrons. The summed E-state index contributed by atoms with van der Waals surface area (Å²) in [5, 5.41) is 5.08. The Hall–Kier alpha value is -1.06. The fraction of sp³-hybridized carbons (Fsp3) is 0.167. The van der Waals surface area contributed by atoms with Gasteiger partial charge in [-0.05, 0) is 10.9 Å². The minimum Gasteiger partial charge on any atom is -0.123 e. The average molecular weight is 252 g/mol. The lowest BCUT2D eigenvalue weighted by atomic mass is 10.3.